The molecule has 0 N–H and O–H groups in total. The molecule has 0 bridgehead atoms. The van der Waals surface area contributed by atoms with Gasteiger partial charge in [-0.25, -0.2) is 4.98 Å². The number of Topliss-reactive ketones (excluding diaryl/α,β-unsaturated/α-hetero) is 1. The molecule has 0 unspecified atom stereocenters. The molecule has 3 nitrogen and oxygen atoms in total. The van der Waals surface area contributed by atoms with Gasteiger partial charge in [-0.05, 0) is 38.3 Å². The van der Waals surface area contributed by atoms with Gasteiger partial charge >= 0.3 is 0 Å². The quantitative estimate of drug-likeness (QED) is 0.764. The zero-order valence-electron chi connectivity index (χ0n) is 9.62. The lowest BCUT2D eigenvalue weighted by atomic mass is 9.98. The van der Waals surface area contributed by atoms with Gasteiger partial charge in [0.2, 0.25) is 5.88 Å². The molecule has 1 aromatic heterocycles. The van der Waals surface area contributed by atoms with E-state index < -0.39 is 0 Å². The van der Waals surface area contributed by atoms with E-state index in [1.807, 2.05) is 26.0 Å². The van der Waals surface area contributed by atoms with Crippen molar-refractivity contribution in [2.75, 3.05) is 0 Å². The minimum absolute atomic E-state index is 0.0899. The van der Waals surface area contributed by atoms with Crippen LogP contribution in [0.4, 0.5) is 0 Å². The molecule has 0 aromatic carbocycles. The molecule has 84 valence electrons. The van der Waals surface area contributed by atoms with E-state index in [1.165, 1.54) is 0 Å². The predicted octanol–water partition coefficient (Wildman–Crippen LogP) is 2.80. The monoisotopic (exact) mass is 217 g/mol. The maximum absolute atomic E-state index is 11.7. The van der Waals surface area contributed by atoms with Gasteiger partial charge < -0.3 is 4.74 Å². The van der Waals surface area contributed by atoms with Gasteiger partial charge in [-0.1, -0.05) is 6.07 Å². The second-order valence-corrected chi connectivity index (χ2v) is 4.11. The SMILES string of the molecule is CC1=C(Oc2cccc(C)n2)C(=O)CCC1. The van der Waals surface area contributed by atoms with Gasteiger partial charge in [0.15, 0.2) is 11.5 Å². The molecule has 3 heteroatoms. The van der Waals surface area contributed by atoms with Crippen molar-refractivity contribution in [2.45, 2.75) is 33.1 Å². The van der Waals surface area contributed by atoms with Gasteiger partial charge in [-0.15, -0.1) is 0 Å². The van der Waals surface area contributed by atoms with Crippen molar-refractivity contribution in [3.05, 3.63) is 35.2 Å². The fourth-order valence-corrected chi connectivity index (χ4v) is 1.80. The van der Waals surface area contributed by atoms with Crippen LogP contribution in [0.15, 0.2) is 29.5 Å². The number of ether oxygens (including phenoxy) is 1. The summed E-state index contributed by atoms with van der Waals surface area (Å²) in [7, 11) is 0. The normalized spacial score (nSPS) is 16.5. The lowest BCUT2D eigenvalue weighted by Gasteiger charge is -2.16. The van der Waals surface area contributed by atoms with Gasteiger partial charge in [0.05, 0.1) is 0 Å². The van der Waals surface area contributed by atoms with Gasteiger partial charge in [-0.3, -0.25) is 4.79 Å². The minimum atomic E-state index is 0.0899. The van der Waals surface area contributed by atoms with E-state index in [-0.39, 0.29) is 5.78 Å². The van der Waals surface area contributed by atoms with Crippen molar-refractivity contribution in [1.29, 1.82) is 0 Å². The highest BCUT2D eigenvalue weighted by molar-refractivity contribution is 5.95. The van der Waals surface area contributed by atoms with E-state index in [2.05, 4.69) is 4.98 Å². The Kier molecular flexibility index (Phi) is 3.04. The van der Waals surface area contributed by atoms with Crippen LogP contribution >= 0.6 is 0 Å². The number of aryl methyl sites for hydroxylation is 1. The molecule has 16 heavy (non-hydrogen) atoms. The van der Waals surface area contributed by atoms with E-state index in [1.54, 1.807) is 6.07 Å². The van der Waals surface area contributed by atoms with E-state index in [0.29, 0.717) is 18.1 Å². The molecule has 0 spiro atoms. The molecule has 0 saturated heterocycles. The molecular weight excluding hydrogens is 202 g/mol. The molecule has 1 aliphatic rings. The Balaban J connectivity index is 2.23. The van der Waals surface area contributed by atoms with Crippen molar-refractivity contribution in [3.8, 4) is 5.88 Å². The summed E-state index contributed by atoms with van der Waals surface area (Å²) in [6.45, 7) is 3.85. The highest BCUT2D eigenvalue weighted by atomic mass is 16.5. The van der Waals surface area contributed by atoms with Crippen LogP contribution < -0.4 is 4.74 Å². The Morgan fingerprint density at radius 1 is 1.25 bits per heavy atom. The summed E-state index contributed by atoms with van der Waals surface area (Å²) in [4.78, 5) is 15.9. The number of hydrogen-bond acceptors (Lipinski definition) is 3. The zero-order chi connectivity index (χ0) is 11.5. The number of pyridine rings is 1. The molecule has 0 radical (unpaired) electrons. The first-order valence-corrected chi connectivity index (χ1v) is 5.51. The molecule has 0 fully saturated rings. The Hall–Kier alpha value is -1.64. The first-order chi connectivity index (χ1) is 7.66. The highest BCUT2D eigenvalue weighted by Gasteiger charge is 2.20. The summed E-state index contributed by atoms with van der Waals surface area (Å²) in [5.41, 5.74) is 1.92. The standard InChI is InChI=1S/C13H15NO2/c1-9-5-3-7-11(15)13(9)16-12-8-4-6-10(2)14-12/h4,6,8H,3,5,7H2,1-2H3. The van der Waals surface area contributed by atoms with Gasteiger partial charge in [0.25, 0.3) is 0 Å². The van der Waals surface area contributed by atoms with Crippen molar-refractivity contribution in [2.24, 2.45) is 0 Å². The van der Waals surface area contributed by atoms with Crippen molar-refractivity contribution in [1.82, 2.24) is 4.98 Å². The summed E-state index contributed by atoms with van der Waals surface area (Å²) < 4.78 is 5.58. The van der Waals surface area contributed by atoms with Crippen LogP contribution in [-0.2, 0) is 4.79 Å². The third-order valence-electron chi connectivity index (χ3n) is 2.67. The Morgan fingerprint density at radius 3 is 2.75 bits per heavy atom. The van der Waals surface area contributed by atoms with E-state index in [0.717, 1.165) is 24.1 Å². The van der Waals surface area contributed by atoms with Crippen LogP contribution in [0.3, 0.4) is 0 Å². The number of carbonyl (C=O) groups is 1. The van der Waals surface area contributed by atoms with Crippen molar-refractivity contribution in [3.63, 3.8) is 0 Å². The number of hydrogen-bond donors (Lipinski definition) is 0. The number of aromatic nitrogens is 1. The molecule has 0 saturated carbocycles. The number of allylic oxidation sites excluding steroid dienone is 2. The minimum Gasteiger partial charge on any atom is -0.435 e. The summed E-state index contributed by atoms with van der Waals surface area (Å²) in [6.07, 6.45) is 2.45. The lowest BCUT2D eigenvalue weighted by Crippen LogP contribution is -2.16. The zero-order valence-corrected chi connectivity index (χ0v) is 9.62. The Bertz CT molecular complexity index is 449. The largest absolute Gasteiger partial charge is 0.435 e. The summed E-state index contributed by atoms with van der Waals surface area (Å²) >= 11 is 0. The van der Waals surface area contributed by atoms with Gasteiger partial charge in [0.1, 0.15) is 0 Å². The molecule has 0 amide bonds. The van der Waals surface area contributed by atoms with Crippen molar-refractivity contribution < 1.29 is 9.53 Å². The van der Waals surface area contributed by atoms with Crippen LogP contribution in [0.5, 0.6) is 5.88 Å². The molecule has 0 atom stereocenters. The third-order valence-corrected chi connectivity index (χ3v) is 2.67. The molecule has 1 aromatic rings. The Labute approximate surface area is 95.2 Å². The first-order valence-electron chi connectivity index (χ1n) is 5.51. The van der Waals surface area contributed by atoms with Crippen LogP contribution in [0.25, 0.3) is 0 Å². The second kappa shape index (κ2) is 4.47. The van der Waals surface area contributed by atoms with E-state index in [4.69, 9.17) is 4.74 Å². The molecule has 0 aliphatic heterocycles. The van der Waals surface area contributed by atoms with Crippen LogP contribution in [0.2, 0.25) is 0 Å². The van der Waals surface area contributed by atoms with Gasteiger partial charge in [-0.2, -0.15) is 0 Å². The van der Waals surface area contributed by atoms with Crippen LogP contribution in [-0.4, -0.2) is 10.8 Å². The summed E-state index contributed by atoms with van der Waals surface area (Å²) in [5.74, 6) is 1.08. The maximum atomic E-state index is 11.7. The predicted molar refractivity (Wildman–Crippen MR) is 61.2 cm³/mol. The van der Waals surface area contributed by atoms with E-state index in [9.17, 15) is 4.79 Å². The van der Waals surface area contributed by atoms with E-state index >= 15 is 0 Å². The second-order valence-electron chi connectivity index (χ2n) is 4.11. The highest BCUT2D eigenvalue weighted by Crippen LogP contribution is 2.23. The average Bonchev–Trinajstić information content (AvgIpc) is 2.24. The fraction of sp³-hybridized carbons (Fsp3) is 0.385. The topological polar surface area (TPSA) is 39.2 Å². The average molecular weight is 217 g/mol. The number of carbonyl (C=O) groups excluding carboxylic acids is 1. The van der Waals surface area contributed by atoms with Gasteiger partial charge in [0, 0.05) is 18.2 Å². The lowest BCUT2D eigenvalue weighted by molar-refractivity contribution is -0.118. The van der Waals surface area contributed by atoms with Crippen LogP contribution in [0.1, 0.15) is 31.9 Å². The maximum Gasteiger partial charge on any atom is 0.219 e. The third kappa shape index (κ3) is 2.30. The number of rotatable bonds is 2. The summed E-state index contributed by atoms with van der Waals surface area (Å²) in [5, 5.41) is 0. The molecule has 1 heterocycles. The summed E-state index contributed by atoms with van der Waals surface area (Å²) in [6, 6.07) is 5.55. The first kappa shape index (κ1) is 10.9. The number of ketones is 1. The van der Waals surface area contributed by atoms with Crippen LogP contribution in [0, 0.1) is 6.92 Å². The Morgan fingerprint density at radius 2 is 2.06 bits per heavy atom. The smallest absolute Gasteiger partial charge is 0.219 e. The number of nitrogens with zero attached hydrogens (tertiary/aromatic N) is 1. The molecular formula is C13H15NO2. The molecule has 2 rings (SSSR count). The molecule has 1 aliphatic carbocycles. The van der Waals surface area contributed by atoms with Crippen molar-refractivity contribution >= 4 is 5.78 Å². The fourth-order valence-electron chi connectivity index (χ4n) is 1.80.